The second kappa shape index (κ2) is 9.31. The average Bonchev–Trinajstić information content (AvgIpc) is 2.64. The van der Waals surface area contributed by atoms with Crippen molar-refractivity contribution in [2.75, 3.05) is 17.7 Å². The fourth-order valence-corrected chi connectivity index (χ4v) is 2.38. The Labute approximate surface area is 161 Å². The van der Waals surface area contributed by atoms with E-state index in [-0.39, 0.29) is 24.0 Å². The van der Waals surface area contributed by atoms with Crippen LogP contribution in [0.4, 0.5) is 11.4 Å². The molecule has 0 aromatic heterocycles. The highest BCUT2D eigenvalue weighted by molar-refractivity contribution is 5.97. The van der Waals surface area contributed by atoms with Gasteiger partial charge >= 0.3 is 11.9 Å². The van der Waals surface area contributed by atoms with Crippen molar-refractivity contribution in [1.82, 2.24) is 0 Å². The molecule has 0 spiro atoms. The van der Waals surface area contributed by atoms with Gasteiger partial charge in [-0.25, -0.2) is 9.59 Å². The van der Waals surface area contributed by atoms with Crippen molar-refractivity contribution < 1.29 is 28.7 Å². The maximum atomic E-state index is 12.4. The molecule has 0 unspecified atom stereocenters. The Hall–Kier alpha value is -3.68. The maximum Gasteiger partial charge on any atom is 0.338 e. The van der Waals surface area contributed by atoms with Crippen molar-refractivity contribution in [2.24, 2.45) is 0 Å². The molecule has 8 nitrogen and oxygen atoms in total. The van der Waals surface area contributed by atoms with E-state index in [9.17, 15) is 19.2 Å². The monoisotopic (exact) mass is 384 g/mol. The predicted octanol–water partition coefficient (Wildman–Crippen LogP) is 2.75. The van der Waals surface area contributed by atoms with Crippen LogP contribution in [-0.2, 0) is 25.7 Å². The number of carbonyl (C=O) groups is 4. The summed E-state index contributed by atoms with van der Waals surface area (Å²) < 4.78 is 9.91. The van der Waals surface area contributed by atoms with Crippen molar-refractivity contribution in [3.8, 4) is 0 Å². The van der Waals surface area contributed by atoms with Crippen LogP contribution in [0.2, 0.25) is 0 Å². The lowest BCUT2D eigenvalue weighted by molar-refractivity contribution is -0.115. The third kappa shape index (κ3) is 5.94. The smallest absolute Gasteiger partial charge is 0.338 e. The molecule has 2 amide bonds. The summed E-state index contributed by atoms with van der Waals surface area (Å²) in [7, 11) is 1.29. The molecule has 0 heterocycles. The molecule has 28 heavy (non-hydrogen) atoms. The van der Waals surface area contributed by atoms with Crippen LogP contribution in [-0.4, -0.2) is 30.9 Å². The second-order valence-corrected chi connectivity index (χ2v) is 5.93. The fourth-order valence-electron chi connectivity index (χ4n) is 2.38. The summed E-state index contributed by atoms with van der Waals surface area (Å²) in [4.78, 5) is 46.4. The lowest BCUT2D eigenvalue weighted by Crippen LogP contribution is -2.12. The Balaban J connectivity index is 2.12. The molecule has 0 bridgehead atoms. The van der Waals surface area contributed by atoms with E-state index in [1.54, 1.807) is 24.3 Å². The molecule has 146 valence electrons. The first-order chi connectivity index (χ1) is 13.3. The molecule has 2 N–H and O–H groups in total. The van der Waals surface area contributed by atoms with E-state index in [0.29, 0.717) is 22.5 Å². The quantitative estimate of drug-likeness (QED) is 0.741. The van der Waals surface area contributed by atoms with E-state index in [1.165, 1.54) is 39.2 Å². The lowest BCUT2D eigenvalue weighted by atomic mass is 10.1. The number of nitrogens with one attached hydrogen (secondary N) is 2. The molecule has 0 radical (unpaired) electrons. The minimum Gasteiger partial charge on any atom is -0.465 e. The van der Waals surface area contributed by atoms with Crippen molar-refractivity contribution >= 4 is 35.1 Å². The van der Waals surface area contributed by atoms with Crippen LogP contribution in [0.15, 0.2) is 42.5 Å². The van der Waals surface area contributed by atoms with Crippen LogP contribution in [0.3, 0.4) is 0 Å². The van der Waals surface area contributed by atoms with Gasteiger partial charge in [0.25, 0.3) is 0 Å². The Kier molecular flexibility index (Phi) is 6.86. The molecular formula is C20H20N2O6. The van der Waals surface area contributed by atoms with Gasteiger partial charge < -0.3 is 20.1 Å². The van der Waals surface area contributed by atoms with Crippen LogP contribution in [0.25, 0.3) is 0 Å². The molecule has 0 fully saturated rings. The minimum atomic E-state index is -0.629. The number of amides is 2. The third-order valence-corrected chi connectivity index (χ3v) is 3.55. The minimum absolute atomic E-state index is 0.0138. The first-order valence-electron chi connectivity index (χ1n) is 8.33. The van der Waals surface area contributed by atoms with Crippen LogP contribution >= 0.6 is 0 Å². The number of hydrogen-bond donors (Lipinski definition) is 2. The van der Waals surface area contributed by atoms with Crippen LogP contribution in [0.5, 0.6) is 0 Å². The van der Waals surface area contributed by atoms with Gasteiger partial charge in [0.1, 0.15) is 6.61 Å². The van der Waals surface area contributed by atoms with E-state index in [4.69, 9.17) is 4.74 Å². The Morgan fingerprint density at radius 3 is 1.79 bits per heavy atom. The highest BCUT2D eigenvalue weighted by Gasteiger charge is 2.12. The number of ether oxygens (including phenoxy) is 2. The van der Waals surface area contributed by atoms with E-state index in [2.05, 4.69) is 15.4 Å². The first-order valence-corrected chi connectivity index (χ1v) is 8.33. The number of hydrogen-bond acceptors (Lipinski definition) is 6. The van der Waals surface area contributed by atoms with E-state index in [0.717, 1.165) is 0 Å². The maximum absolute atomic E-state index is 12.4. The molecule has 0 aliphatic rings. The van der Waals surface area contributed by atoms with E-state index >= 15 is 0 Å². The normalized spacial score (nSPS) is 9.96. The van der Waals surface area contributed by atoms with Gasteiger partial charge in [-0.15, -0.1) is 0 Å². The molecule has 0 saturated heterocycles. The van der Waals surface area contributed by atoms with E-state index < -0.39 is 11.9 Å². The number of benzene rings is 2. The molecule has 0 atom stereocenters. The summed E-state index contributed by atoms with van der Waals surface area (Å²) >= 11 is 0. The Morgan fingerprint density at radius 1 is 0.786 bits per heavy atom. The summed E-state index contributed by atoms with van der Waals surface area (Å²) in [5.74, 6) is -1.71. The third-order valence-electron chi connectivity index (χ3n) is 3.55. The van der Waals surface area contributed by atoms with Gasteiger partial charge in [-0.1, -0.05) is 12.1 Å². The SMILES string of the molecule is COC(=O)c1ccc(COC(=O)c2cc(NC(C)=O)cc(NC(C)=O)c2)cc1. The molecule has 0 aliphatic carbocycles. The highest BCUT2D eigenvalue weighted by atomic mass is 16.5. The zero-order valence-corrected chi connectivity index (χ0v) is 15.7. The summed E-state index contributed by atoms with van der Waals surface area (Å²) in [6.07, 6.45) is 0. The van der Waals surface area contributed by atoms with Crippen molar-refractivity contribution in [3.05, 3.63) is 59.2 Å². The van der Waals surface area contributed by atoms with Crippen molar-refractivity contribution in [3.63, 3.8) is 0 Å². The van der Waals surface area contributed by atoms with Gasteiger partial charge in [-0.2, -0.15) is 0 Å². The molecule has 8 heteroatoms. The molecule has 0 aliphatic heterocycles. The second-order valence-electron chi connectivity index (χ2n) is 5.93. The van der Waals surface area contributed by atoms with E-state index in [1.807, 2.05) is 0 Å². The van der Waals surface area contributed by atoms with Crippen LogP contribution in [0.1, 0.15) is 40.1 Å². The molecule has 2 rings (SSSR count). The van der Waals surface area contributed by atoms with Crippen LogP contribution < -0.4 is 10.6 Å². The zero-order chi connectivity index (χ0) is 20.7. The number of rotatable bonds is 6. The number of esters is 2. The molecule has 0 saturated carbocycles. The summed E-state index contributed by atoms with van der Waals surface area (Å²) in [5, 5.41) is 5.14. The van der Waals surface area contributed by atoms with Crippen molar-refractivity contribution in [2.45, 2.75) is 20.5 Å². The first kappa shape index (κ1) is 20.6. The van der Waals surface area contributed by atoms with Gasteiger partial charge in [0.05, 0.1) is 18.2 Å². The van der Waals surface area contributed by atoms with Crippen LogP contribution in [0, 0.1) is 0 Å². The molecular weight excluding hydrogens is 364 g/mol. The summed E-state index contributed by atoms with van der Waals surface area (Å²) in [6.45, 7) is 2.65. The summed E-state index contributed by atoms with van der Waals surface area (Å²) in [5.41, 5.74) is 1.95. The fraction of sp³-hybridized carbons (Fsp3) is 0.200. The van der Waals surface area contributed by atoms with Gasteiger partial charge in [-0.3, -0.25) is 9.59 Å². The topological polar surface area (TPSA) is 111 Å². The molecule has 2 aromatic rings. The van der Waals surface area contributed by atoms with Gasteiger partial charge in [-0.05, 0) is 35.9 Å². The largest absolute Gasteiger partial charge is 0.465 e. The standard InChI is InChI=1S/C20H20N2O6/c1-12(23)21-17-8-16(9-18(10-17)22-13(2)24)20(26)28-11-14-4-6-15(7-5-14)19(25)27-3/h4-10H,11H2,1-3H3,(H,21,23)(H,22,24). The predicted molar refractivity (Wildman–Crippen MR) is 102 cm³/mol. The summed E-state index contributed by atoms with van der Waals surface area (Å²) in [6, 6.07) is 10.9. The highest BCUT2D eigenvalue weighted by Crippen LogP contribution is 2.20. The number of carbonyl (C=O) groups excluding carboxylic acids is 4. The lowest BCUT2D eigenvalue weighted by Gasteiger charge is -2.11. The number of methoxy groups -OCH3 is 1. The van der Waals surface area contributed by atoms with Gasteiger partial charge in [0.2, 0.25) is 11.8 Å². The van der Waals surface area contributed by atoms with Gasteiger partial charge in [0.15, 0.2) is 0 Å². The average molecular weight is 384 g/mol. The Bertz CT molecular complexity index is 871. The van der Waals surface area contributed by atoms with Gasteiger partial charge in [0, 0.05) is 25.2 Å². The zero-order valence-electron chi connectivity index (χ0n) is 15.7. The Morgan fingerprint density at radius 2 is 1.32 bits per heavy atom. The number of anilines is 2. The molecule has 2 aromatic carbocycles. The van der Waals surface area contributed by atoms with Crippen molar-refractivity contribution in [1.29, 1.82) is 0 Å².